The summed E-state index contributed by atoms with van der Waals surface area (Å²) in [7, 11) is 0. The molecule has 114 valence electrons. The molecule has 0 aliphatic rings. The molecule has 0 bridgehead atoms. The molecule has 21 heavy (non-hydrogen) atoms. The molecule has 0 saturated carbocycles. The van der Waals surface area contributed by atoms with Crippen molar-refractivity contribution in [3.63, 3.8) is 0 Å². The summed E-state index contributed by atoms with van der Waals surface area (Å²) >= 11 is 0. The number of carbonyl (C=O) groups excluding carboxylic acids is 2. The Kier molecular flexibility index (Phi) is 5.07. The van der Waals surface area contributed by atoms with E-state index in [2.05, 4.69) is 5.32 Å². The van der Waals surface area contributed by atoms with Gasteiger partial charge in [0.25, 0.3) is 5.91 Å². The lowest BCUT2D eigenvalue weighted by Gasteiger charge is -2.34. The molecule has 0 spiro atoms. The number of carboxylic acids is 1. The number of hydrogen-bond donors (Lipinski definition) is 2. The Hall–Kier alpha value is -2.37. The highest BCUT2D eigenvalue weighted by atomic mass is 16.4. The lowest BCUT2D eigenvalue weighted by atomic mass is 10.0. The van der Waals surface area contributed by atoms with Crippen LogP contribution in [0.5, 0.6) is 0 Å². The van der Waals surface area contributed by atoms with Crippen LogP contribution in [0.25, 0.3) is 0 Å². The van der Waals surface area contributed by atoms with Crippen molar-refractivity contribution in [2.24, 2.45) is 0 Å². The second kappa shape index (κ2) is 6.39. The van der Waals surface area contributed by atoms with E-state index in [1.165, 1.54) is 11.8 Å². The van der Waals surface area contributed by atoms with E-state index in [-0.39, 0.29) is 18.4 Å². The molecular weight excluding hydrogens is 272 g/mol. The van der Waals surface area contributed by atoms with Gasteiger partial charge in [-0.2, -0.15) is 0 Å². The molecule has 1 aromatic carbocycles. The number of carbonyl (C=O) groups is 3. The van der Waals surface area contributed by atoms with E-state index in [4.69, 9.17) is 5.11 Å². The maximum Gasteiger partial charge on any atom is 0.323 e. The Balaban J connectivity index is 2.98. The summed E-state index contributed by atoms with van der Waals surface area (Å²) in [6, 6.07) is 6.34. The van der Waals surface area contributed by atoms with E-state index in [0.29, 0.717) is 11.3 Å². The van der Waals surface area contributed by atoms with E-state index in [1.54, 1.807) is 45.0 Å². The molecule has 1 rings (SSSR count). The van der Waals surface area contributed by atoms with Gasteiger partial charge in [0.2, 0.25) is 5.91 Å². The van der Waals surface area contributed by atoms with Crippen LogP contribution < -0.4 is 5.32 Å². The minimum atomic E-state index is -1.06. The van der Waals surface area contributed by atoms with Crippen molar-refractivity contribution < 1.29 is 19.5 Å². The van der Waals surface area contributed by atoms with E-state index < -0.39 is 11.5 Å². The van der Waals surface area contributed by atoms with Gasteiger partial charge in [-0.05, 0) is 45.0 Å². The number of aliphatic carboxylic acids is 1. The molecule has 6 heteroatoms. The number of hydrogen-bond acceptors (Lipinski definition) is 3. The zero-order valence-corrected chi connectivity index (χ0v) is 12.6. The van der Waals surface area contributed by atoms with E-state index in [1.807, 2.05) is 0 Å². The highest BCUT2D eigenvalue weighted by Gasteiger charge is 2.29. The lowest BCUT2D eigenvalue weighted by molar-refractivity contribution is -0.138. The third-order valence-electron chi connectivity index (χ3n) is 2.80. The Bertz CT molecular complexity index is 544. The van der Waals surface area contributed by atoms with Crippen molar-refractivity contribution in [1.29, 1.82) is 0 Å². The summed E-state index contributed by atoms with van der Waals surface area (Å²) in [4.78, 5) is 35.6. The van der Waals surface area contributed by atoms with Crippen molar-refractivity contribution in [1.82, 2.24) is 4.90 Å². The number of anilines is 1. The molecule has 0 aliphatic heterocycles. The first kappa shape index (κ1) is 16.7. The minimum absolute atomic E-state index is 0.198. The topological polar surface area (TPSA) is 86.7 Å². The van der Waals surface area contributed by atoms with Gasteiger partial charge in [0.1, 0.15) is 6.54 Å². The highest BCUT2D eigenvalue weighted by molar-refractivity contribution is 5.97. The van der Waals surface area contributed by atoms with Crippen LogP contribution in [0.4, 0.5) is 5.69 Å². The van der Waals surface area contributed by atoms with Crippen LogP contribution in [0.3, 0.4) is 0 Å². The molecule has 0 atom stereocenters. The SMILES string of the molecule is CC(=O)Nc1ccc(C(=O)N(CC(=O)O)C(C)(C)C)cc1. The van der Waals surface area contributed by atoms with Crippen molar-refractivity contribution in [3.8, 4) is 0 Å². The Morgan fingerprint density at radius 2 is 1.67 bits per heavy atom. The van der Waals surface area contributed by atoms with Gasteiger partial charge >= 0.3 is 5.97 Å². The van der Waals surface area contributed by atoms with Crippen LogP contribution in [0.2, 0.25) is 0 Å². The van der Waals surface area contributed by atoms with Crippen LogP contribution in [-0.4, -0.2) is 39.9 Å². The zero-order chi connectivity index (χ0) is 16.2. The average Bonchev–Trinajstić information content (AvgIpc) is 2.34. The summed E-state index contributed by atoms with van der Waals surface area (Å²) in [6.45, 7) is 6.36. The summed E-state index contributed by atoms with van der Waals surface area (Å²) < 4.78 is 0. The fourth-order valence-corrected chi connectivity index (χ4v) is 1.80. The number of carboxylic acid groups (broad SMARTS) is 1. The van der Waals surface area contributed by atoms with Gasteiger partial charge < -0.3 is 15.3 Å². The second-order valence-corrected chi connectivity index (χ2v) is 5.71. The fraction of sp³-hybridized carbons (Fsp3) is 0.400. The first-order chi connectivity index (χ1) is 9.61. The Morgan fingerprint density at radius 1 is 1.14 bits per heavy atom. The molecule has 0 saturated heterocycles. The molecule has 1 aromatic rings. The van der Waals surface area contributed by atoms with Crippen LogP contribution in [0.15, 0.2) is 24.3 Å². The molecular formula is C15H20N2O4. The van der Waals surface area contributed by atoms with Gasteiger partial charge in [0.05, 0.1) is 0 Å². The largest absolute Gasteiger partial charge is 0.480 e. The standard InChI is InChI=1S/C15H20N2O4/c1-10(18)16-12-7-5-11(6-8-12)14(21)17(9-13(19)20)15(2,3)4/h5-8H,9H2,1-4H3,(H,16,18)(H,19,20). The summed E-state index contributed by atoms with van der Waals surface area (Å²) in [5, 5.41) is 11.5. The van der Waals surface area contributed by atoms with Gasteiger partial charge in [0, 0.05) is 23.7 Å². The van der Waals surface area contributed by atoms with Gasteiger partial charge in [-0.3, -0.25) is 14.4 Å². The van der Waals surface area contributed by atoms with Crippen LogP contribution in [0, 0.1) is 0 Å². The fourth-order valence-electron chi connectivity index (χ4n) is 1.80. The molecule has 2 amide bonds. The quantitative estimate of drug-likeness (QED) is 0.888. The number of nitrogens with one attached hydrogen (secondary N) is 1. The van der Waals surface area contributed by atoms with E-state index in [9.17, 15) is 14.4 Å². The Morgan fingerprint density at radius 3 is 2.05 bits per heavy atom. The van der Waals surface area contributed by atoms with Gasteiger partial charge in [-0.15, -0.1) is 0 Å². The molecule has 2 N–H and O–H groups in total. The van der Waals surface area contributed by atoms with Crippen LogP contribution in [-0.2, 0) is 9.59 Å². The number of nitrogens with zero attached hydrogens (tertiary/aromatic N) is 1. The maximum atomic E-state index is 12.4. The Labute approximate surface area is 123 Å². The van der Waals surface area contributed by atoms with E-state index in [0.717, 1.165) is 0 Å². The van der Waals surface area contributed by atoms with Crippen molar-refractivity contribution in [2.45, 2.75) is 33.2 Å². The molecule has 0 radical (unpaired) electrons. The third kappa shape index (κ3) is 4.91. The van der Waals surface area contributed by atoms with Crippen molar-refractivity contribution in [3.05, 3.63) is 29.8 Å². The highest BCUT2D eigenvalue weighted by Crippen LogP contribution is 2.18. The van der Waals surface area contributed by atoms with E-state index >= 15 is 0 Å². The molecule has 0 fully saturated rings. The summed E-state index contributed by atoms with van der Waals surface area (Å²) in [6.07, 6.45) is 0. The normalized spacial score (nSPS) is 10.9. The molecule has 0 aromatic heterocycles. The lowest BCUT2D eigenvalue weighted by Crippen LogP contribution is -2.48. The third-order valence-corrected chi connectivity index (χ3v) is 2.80. The van der Waals surface area contributed by atoms with Crippen molar-refractivity contribution in [2.75, 3.05) is 11.9 Å². The van der Waals surface area contributed by atoms with Gasteiger partial charge in [-0.25, -0.2) is 0 Å². The average molecular weight is 292 g/mol. The first-order valence-corrected chi connectivity index (χ1v) is 6.52. The zero-order valence-electron chi connectivity index (χ0n) is 12.6. The number of benzene rings is 1. The maximum absolute atomic E-state index is 12.4. The second-order valence-electron chi connectivity index (χ2n) is 5.71. The summed E-state index contributed by atoms with van der Waals surface area (Å²) in [5.74, 6) is -1.62. The summed E-state index contributed by atoms with van der Waals surface area (Å²) in [5.41, 5.74) is 0.353. The minimum Gasteiger partial charge on any atom is -0.480 e. The molecule has 6 nitrogen and oxygen atoms in total. The molecule has 0 heterocycles. The smallest absolute Gasteiger partial charge is 0.323 e. The predicted octanol–water partition coefficient (Wildman–Crippen LogP) is 1.97. The molecule has 0 unspecified atom stereocenters. The van der Waals surface area contributed by atoms with Crippen LogP contribution >= 0.6 is 0 Å². The number of rotatable bonds is 4. The molecule has 0 aliphatic carbocycles. The van der Waals surface area contributed by atoms with Gasteiger partial charge in [-0.1, -0.05) is 0 Å². The van der Waals surface area contributed by atoms with Crippen molar-refractivity contribution >= 4 is 23.5 Å². The van der Waals surface area contributed by atoms with Crippen LogP contribution in [0.1, 0.15) is 38.1 Å². The number of amides is 2. The monoisotopic (exact) mass is 292 g/mol. The predicted molar refractivity (Wildman–Crippen MR) is 79.2 cm³/mol. The first-order valence-electron chi connectivity index (χ1n) is 6.52. The van der Waals surface area contributed by atoms with Gasteiger partial charge in [0.15, 0.2) is 0 Å².